The molecule has 0 heterocycles. The Kier molecular flexibility index (Phi) is 5.01. The minimum absolute atomic E-state index is 0.0773. The number of nitrogen functional groups attached to an aromatic ring is 1. The molecule has 0 aliphatic heterocycles. The highest BCUT2D eigenvalue weighted by molar-refractivity contribution is 7.99. The number of hydrogen-bond donors (Lipinski definition) is 2. The molecule has 0 aliphatic rings. The number of nitrogens with one attached hydrogen (secondary N) is 1. The zero-order valence-electron chi connectivity index (χ0n) is 10.5. The summed E-state index contributed by atoms with van der Waals surface area (Å²) in [6, 6.07) is 2.38. The molecule has 3 N–H and O–H groups in total. The van der Waals surface area contributed by atoms with E-state index in [0.717, 1.165) is 6.07 Å². The summed E-state index contributed by atoms with van der Waals surface area (Å²) in [7, 11) is -3.72. The van der Waals surface area contributed by atoms with Crippen molar-refractivity contribution in [2.75, 3.05) is 18.5 Å². The summed E-state index contributed by atoms with van der Waals surface area (Å²) in [6.45, 7) is 3.61. The van der Waals surface area contributed by atoms with Gasteiger partial charge in [0.2, 0.25) is 10.0 Å². The summed E-state index contributed by atoms with van der Waals surface area (Å²) >= 11 is 1.55. The summed E-state index contributed by atoms with van der Waals surface area (Å²) < 4.78 is 40.0. The smallest absolute Gasteiger partial charge is 0.241 e. The second-order valence-corrected chi connectivity index (χ2v) is 7.04. The number of sulfonamides is 1. The van der Waals surface area contributed by atoms with E-state index in [2.05, 4.69) is 4.72 Å². The van der Waals surface area contributed by atoms with Crippen molar-refractivity contribution in [3.05, 3.63) is 23.5 Å². The normalized spacial score (nSPS) is 13.6. The number of anilines is 1. The molecule has 1 rings (SSSR count). The fourth-order valence-corrected chi connectivity index (χ4v) is 3.11. The van der Waals surface area contributed by atoms with Crippen LogP contribution < -0.4 is 10.5 Å². The first kappa shape index (κ1) is 15.3. The molecule has 18 heavy (non-hydrogen) atoms. The van der Waals surface area contributed by atoms with Gasteiger partial charge in [0, 0.05) is 23.0 Å². The Morgan fingerprint density at radius 3 is 2.67 bits per heavy atom. The Hall–Kier alpha value is -0.790. The maximum absolute atomic E-state index is 13.5. The first-order chi connectivity index (χ1) is 8.27. The van der Waals surface area contributed by atoms with E-state index < -0.39 is 15.8 Å². The number of hydrogen-bond acceptors (Lipinski definition) is 4. The van der Waals surface area contributed by atoms with E-state index in [-0.39, 0.29) is 21.4 Å². The first-order valence-electron chi connectivity index (χ1n) is 5.36. The van der Waals surface area contributed by atoms with E-state index in [4.69, 9.17) is 5.73 Å². The Morgan fingerprint density at radius 2 is 2.11 bits per heavy atom. The van der Waals surface area contributed by atoms with Crippen LogP contribution in [0.15, 0.2) is 17.0 Å². The molecule has 0 fully saturated rings. The van der Waals surface area contributed by atoms with Crippen LogP contribution in [0.3, 0.4) is 0 Å². The van der Waals surface area contributed by atoms with Crippen LogP contribution >= 0.6 is 11.8 Å². The average molecular weight is 292 g/mol. The molecule has 0 amide bonds. The molecular formula is C11H17FN2O2S2. The van der Waals surface area contributed by atoms with Gasteiger partial charge in [0.25, 0.3) is 0 Å². The summed E-state index contributed by atoms with van der Waals surface area (Å²) in [4.78, 5) is -0.103. The van der Waals surface area contributed by atoms with Crippen molar-refractivity contribution >= 4 is 27.5 Å². The molecule has 0 saturated heterocycles. The second-order valence-electron chi connectivity index (χ2n) is 4.02. The standard InChI is InChI=1S/C11H17FN2O2S2/c1-7(17-3)6-14-18(15,16)11-5-9(13)4-10(12)8(11)2/h4-5,7,14H,6,13H2,1-3H3. The van der Waals surface area contributed by atoms with Crippen molar-refractivity contribution in [2.45, 2.75) is 24.0 Å². The molecule has 0 saturated carbocycles. The van der Waals surface area contributed by atoms with Crippen LogP contribution in [0, 0.1) is 12.7 Å². The van der Waals surface area contributed by atoms with E-state index in [1.165, 1.54) is 13.0 Å². The predicted molar refractivity (Wildman–Crippen MR) is 73.7 cm³/mol. The molecule has 7 heteroatoms. The van der Waals surface area contributed by atoms with Gasteiger partial charge in [0.05, 0.1) is 4.90 Å². The number of nitrogens with two attached hydrogens (primary N) is 1. The van der Waals surface area contributed by atoms with E-state index in [1.807, 2.05) is 13.2 Å². The monoisotopic (exact) mass is 292 g/mol. The third kappa shape index (κ3) is 3.60. The van der Waals surface area contributed by atoms with E-state index in [9.17, 15) is 12.8 Å². The lowest BCUT2D eigenvalue weighted by Crippen LogP contribution is -2.30. The highest BCUT2D eigenvalue weighted by atomic mass is 32.2. The third-order valence-electron chi connectivity index (χ3n) is 2.57. The van der Waals surface area contributed by atoms with Crippen molar-refractivity contribution in [3.8, 4) is 0 Å². The number of rotatable bonds is 5. The molecule has 0 aliphatic carbocycles. The number of halogens is 1. The van der Waals surface area contributed by atoms with Gasteiger partial charge < -0.3 is 5.73 Å². The van der Waals surface area contributed by atoms with E-state index >= 15 is 0 Å². The van der Waals surface area contributed by atoms with Crippen LogP contribution in [0.5, 0.6) is 0 Å². The van der Waals surface area contributed by atoms with Crippen LogP contribution in [0.1, 0.15) is 12.5 Å². The van der Waals surface area contributed by atoms with Gasteiger partial charge in [-0.05, 0) is 25.3 Å². The lowest BCUT2D eigenvalue weighted by Gasteiger charge is -2.13. The van der Waals surface area contributed by atoms with Gasteiger partial charge in [-0.3, -0.25) is 0 Å². The topological polar surface area (TPSA) is 72.2 Å². The van der Waals surface area contributed by atoms with Crippen molar-refractivity contribution in [2.24, 2.45) is 0 Å². The van der Waals surface area contributed by atoms with Gasteiger partial charge in [-0.25, -0.2) is 17.5 Å². The quantitative estimate of drug-likeness (QED) is 0.811. The zero-order chi connectivity index (χ0) is 13.9. The van der Waals surface area contributed by atoms with Crippen LogP contribution in [-0.4, -0.2) is 26.5 Å². The Morgan fingerprint density at radius 1 is 1.50 bits per heavy atom. The van der Waals surface area contributed by atoms with Crippen LogP contribution in [0.4, 0.5) is 10.1 Å². The molecule has 1 aromatic carbocycles. The second kappa shape index (κ2) is 5.90. The molecule has 0 spiro atoms. The zero-order valence-corrected chi connectivity index (χ0v) is 12.2. The lowest BCUT2D eigenvalue weighted by molar-refractivity contribution is 0.575. The largest absolute Gasteiger partial charge is 0.399 e. The summed E-state index contributed by atoms with van der Waals surface area (Å²) in [5.74, 6) is -0.617. The maximum Gasteiger partial charge on any atom is 0.241 e. The maximum atomic E-state index is 13.5. The van der Waals surface area contributed by atoms with Gasteiger partial charge in [-0.1, -0.05) is 6.92 Å². The van der Waals surface area contributed by atoms with Crippen molar-refractivity contribution < 1.29 is 12.8 Å². The third-order valence-corrected chi connectivity index (χ3v) is 5.09. The summed E-state index contributed by atoms with van der Waals surface area (Å²) in [5.41, 5.74) is 5.64. The van der Waals surface area contributed by atoms with E-state index in [1.54, 1.807) is 11.8 Å². The van der Waals surface area contributed by atoms with Gasteiger partial charge in [0.15, 0.2) is 0 Å². The Balaban J connectivity index is 3.05. The first-order valence-corrected chi connectivity index (χ1v) is 8.13. The highest BCUT2D eigenvalue weighted by Crippen LogP contribution is 2.21. The van der Waals surface area contributed by atoms with Crippen molar-refractivity contribution in [3.63, 3.8) is 0 Å². The van der Waals surface area contributed by atoms with Gasteiger partial charge in [-0.15, -0.1) is 0 Å². The summed E-state index contributed by atoms with van der Waals surface area (Å²) in [6.07, 6.45) is 1.89. The Labute approximate surface area is 111 Å². The molecule has 0 bridgehead atoms. The highest BCUT2D eigenvalue weighted by Gasteiger charge is 2.20. The lowest BCUT2D eigenvalue weighted by atomic mass is 10.2. The predicted octanol–water partition coefficient (Wildman–Crippen LogP) is 1.75. The minimum Gasteiger partial charge on any atom is -0.399 e. The molecular weight excluding hydrogens is 275 g/mol. The minimum atomic E-state index is -3.72. The molecule has 1 aromatic rings. The summed E-state index contributed by atoms with van der Waals surface area (Å²) in [5, 5.41) is 0.144. The number of benzene rings is 1. The van der Waals surface area contributed by atoms with Gasteiger partial charge in [-0.2, -0.15) is 11.8 Å². The van der Waals surface area contributed by atoms with Crippen molar-refractivity contribution in [1.29, 1.82) is 0 Å². The van der Waals surface area contributed by atoms with Crippen LogP contribution in [0.2, 0.25) is 0 Å². The fourth-order valence-electron chi connectivity index (χ4n) is 1.34. The Bertz CT molecular complexity index is 532. The van der Waals surface area contributed by atoms with Gasteiger partial charge in [0.1, 0.15) is 5.82 Å². The molecule has 0 radical (unpaired) electrons. The molecule has 1 atom stereocenters. The average Bonchev–Trinajstić information content (AvgIpc) is 2.30. The van der Waals surface area contributed by atoms with Crippen LogP contribution in [-0.2, 0) is 10.0 Å². The fraction of sp³-hybridized carbons (Fsp3) is 0.455. The van der Waals surface area contributed by atoms with Crippen molar-refractivity contribution in [1.82, 2.24) is 4.72 Å². The molecule has 102 valence electrons. The number of thioether (sulfide) groups is 1. The molecule has 4 nitrogen and oxygen atoms in total. The molecule has 1 unspecified atom stereocenters. The van der Waals surface area contributed by atoms with Gasteiger partial charge >= 0.3 is 0 Å². The van der Waals surface area contributed by atoms with E-state index in [0.29, 0.717) is 6.54 Å². The van der Waals surface area contributed by atoms with Crippen LogP contribution in [0.25, 0.3) is 0 Å². The SMILES string of the molecule is CSC(C)CNS(=O)(=O)c1cc(N)cc(F)c1C. The molecule has 0 aromatic heterocycles.